The number of nitrogens with zero attached hydrogens (tertiary/aromatic N) is 1. The number of carbonyl (C=O) groups excluding carboxylic acids is 1. The first kappa shape index (κ1) is 19.5. The van der Waals surface area contributed by atoms with E-state index in [9.17, 15) is 18.0 Å². The number of hydrogen-bond acceptors (Lipinski definition) is 6. The van der Waals surface area contributed by atoms with Crippen LogP contribution in [0.15, 0.2) is 41.3 Å². The Labute approximate surface area is 161 Å². The Kier molecular flexibility index (Phi) is 5.14. The predicted octanol–water partition coefficient (Wildman–Crippen LogP) is 1.61. The normalized spacial score (nSPS) is 13.5. The number of rotatable bonds is 6. The summed E-state index contributed by atoms with van der Waals surface area (Å²) in [6.07, 6.45) is 0. The van der Waals surface area contributed by atoms with Crippen molar-refractivity contribution in [2.45, 2.75) is 11.8 Å². The zero-order chi connectivity index (χ0) is 20.5. The molecular formula is C18H18N2O7S. The van der Waals surface area contributed by atoms with Crippen LogP contribution in [0.2, 0.25) is 0 Å². The highest BCUT2D eigenvalue weighted by molar-refractivity contribution is 7.92. The highest BCUT2D eigenvalue weighted by Gasteiger charge is 2.29. The first-order valence-electron chi connectivity index (χ1n) is 8.18. The van der Waals surface area contributed by atoms with Gasteiger partial charge in [0.1, 0.15) is 18.0 Å². The molecule has 0 bridgehead atoms. The number of carboxylic acids is 1. The van der Waals surface area contributed by atoms with Gasteiger partial charge in [0.2, 0.25) is 0 Å². The molecule has 1 amide bonds. The number of ether oxygens (including phenoxy) is 2. The Morgan fingerprint density at radius 2 is 2.04 bits per heavy atom. The zero-order valence-corrected chi connectivity index (χ0v) is 15.9. The molecule has 0 fully saturated rings. The molecular weight excluding hydrogens is 388 g/mol. The van der Waals surface area contributed by atoms with Crippen LogP contribution in [0.1, 0.15) is 5.56 Å². The van der Waals surface area contributed by atoms with Gasteiger partial charge in [-0.25, -0.2) is 8.42 Å². The molecule has 0 radical (unpaired) electrons. The second-order valence-electron chi connectivity index (χ2n) is 6.10. The highest BCUT2D eigenvalue weighted by atomic mass is 32.2. The minimum Gasteiger partial charge on any atom is -0.495 e. The number of carbonyl (C=O) groups is 2. The van der Waals surface area contributed by atoms with Gasteiger partial charge < -0.3 is 14.6 Å². The largest absolute Gasteiger partial charge is 0.495 e. The molecule has 3 rings (SSSR count). The average molecular weight is 406 g/mol. The minimum atomic E-state index is -4.04. The van der Waals surface area contributed by atoms with Crippen molar-refractivity contribution in [3.05, 3.63) is 42.0 Å². The Hall–Kier alpha value is -3.27. The van der Waals surface area contributed by atoms with Crippen LogP contribution in [-0.2, 0) is 19.6 Å². The summed E-state index contributed by atoms with van der Waals surface area (Å²) in [4.78, 5) is 23.9. The molecule has 10 heteroatoms. The molecule has 148 valence electrons. The molecule has 0 saturated heterocycles. The fourth-order valence-corrected chi connectivity index (χ4v) is 3.84. The summed E-state index contributed by atoms with van der Waals surface area (Å²) in [5.74, 6) is -1.22. The highest BCUT2D eigenvalue weighted by Crippen LogP contribution is 2.35. The molecule has 0 atom stereocenters. The second kappa shape index (κ2) is 7.39. The van der Waals surface area contributed by atoms with Crippen LogP contribution in [0, 0.1) is 6.92 Å². The summed E-state index contributed by atoms with van der Waals surface area (Å²) in [5, 5.41) is 9.04. The molecule has 0 unspecified atom stereocenters. The number of sulfonamides is 1. The van der Waals surface area contributed by atoms with Gasteiger partial charge >= 0.3 is 5.97 Å². The van der Waals surface area contributed by atoms with Crippen molar-refractivity contribution >= 4 is 33.3 Å². The molecule has 0 saturated carbocycles. The van der Waals surface area contributed by atoms with Gasteiger partial charge in [0.25, 0.3) is 15.9 Å². The van der Waals surface area contributed by atoms with Crippen molar-refractivity contribution in [2.24, 2.45) is 0 Å². The van der Waals surface area contributed by atoms with E-state index in [1.54, 1.807) is 18.2 Å². The van der Waals surface area contributed by atoms with E-state index in [1.807, 2.05) is 6.92 Å². The number of hydrogen-bond donors (Lipinski definition) is 2. The number of anilines is 2. The maximum atomic E-state index is 12.8. The topological polar surface area (TPSA) is 122 Å². The maximum absolute atomic E-state index is 12.8. The third kappa shape index (κ3) is 3.86. The SMILES string of the molecule is COc1ccc(C)cc1NS(=O)(=O)c1ccc2c(c1)N(CC(=O)O)C(=O)CO2. The fourth-order valence-electron chi connectivity index (χ4n) is 2.76. The Balaban J connectivity index is 2.00. The van der Waals surface area contributed by atoms with Gasteiger partial charge in [-0.1, -0.05) is 6.07 Å². The van der Waals surface area contributed by atoms with E-state index >= 15 is 0 Å². The van der Waals surface area contributed by atoms with Gasteiger partial charge in [-0.15, -0.1) is 0 Å². The number of methoxy groups -OCH3 is 1. The first-order valence-corrected chi connectivity index (χ1v) is 9.66. The summed E-state index contributed by atoms with van der Waals surface area (Å²) >= 11 is 0. The van der Waals surface area contributed by atoms with Crippen LogP contribution in [0.5, 0.6) is 11.5 Å². The van der Waals surface area contributed by atoms with Crippen molar-refractivity contribution in [1.29, 1.82) is 0 Å². The fraction of sp³-hybridized carbons (Fsp3) is 0.222. The van der Waals surface area contributed by atoms with Gasteiger partial charge in [0, 0.05) is 0 Å². The van der Waals surface area contributed by atoms with Crippen molar-refractivity contribution < 1.29 is 32.6 Å². The lowest BCUT2D eigenvalue weighted by Crippen LogP contribution is -2.42. The number of benzene rings is 2. The Morgan fingerprint density at radius 1 is 1.29 bits per heavy atom. The summed E-state index contributed by atoms with van der Waals surface area (Å²) in [6, 6.07) is 8.96. The van der Waals surface area contributed by atoms with Gasteiger partial charge in [0.05, 0.1) is 23.4 Å². The Bertz CT molecular complexity index is 1050. The van der Waals surface area contributed by atoms with Crippen LogP contribution in [0.25, 0.3) is 0 Å². The third-order valence-electron chi connectivity index (χ3n) is 4.08. The van der Waals surface area contributed by atoms with Gasteiger partial charge in [-0.05, 0) is 42.8 Å². The summed E-state index contributed by atoms with van der Waals surface area (Å²) in [7, 11) is -2.61. The summed E-state index contributed by atoms with van der Waals surface area (Å²) in [6.45, 7) is 0.895. The summed E-state index contributed by atoms with van der Waals surface area (Å²) in [5.41, 5.74) is 1.17. The zero-order valence-electron chi connectivity index (χ0n) is 15.1. The maximum Gasteiger partial charge on any atom is 0.323 e. The molecule has 28 heavy (non-hydrogen) atoms. The summed E-state index contributed by atoms with van der Waals surface area (Å²) < 4.78 is 38.6. The molecule has 1 aliphatic heterocycles. The molecule has 0 spiro atoms. The predicted molar refractivity (Wildman–Crippen MR) is 100 cm³/mol. The average Bonchev–Trinajstić information content (AvgIpc) is 2.63. The second-order valence-corrected chi connectivity index (χ2v) is 7.78. The van der Waals surface area contributed by atoms with E-state index < -0.39 is 28.4 Å². The van der Waals surface area contributed by atoms with Crippen LogP contribution >= 0.6 is 0 Å². The lowest BCUT2D eigenvalue weighted by Gasteiger charge is -2.28. The molecule has 1 heterocycles. The van der Waals surface area contributed by atoms with Gasteiger partial charge in [0.15, 0.2) is 6.61 Å². The lowest BCUT2D eigenvalue weighted by molar-refractivity contribution is -0.137. The molecule has 2 aromatic carbocycles. The van der Waals surface area contributed by atoms with E-state index in [0.717, 1.165) is 10.5 Å². The number of aliphatic carboxylic acids is 1. The molecule has 0 aliphatic carbocycles. The minimum absolute atomic E-state index is 0.0812. The van der Waals surface area contributed by atoms with E-state index in [-0.39, 0.29) is 28.6 Å². The number of amides is 1. The van der Waals surface area contributed by atoms with Crippen molar-refractivity contribution in [3.8, 4) is 11.5 Å². The van der Waals surface area contributed by atoms with E-state index in [4.69, 9.17) is 14.6 Å². The Morgan fingerprint density at radius 3 is 2.71 bits per heavy atom. The van der Waals surface area contributed by atoms with Gasteiger partial charge in [-0.3, -0.25) is 19.2 Å². The molecule has 0 aromatic heterocycles. The monoisotopic (exact) mass is 406 g/mol. The smallest absolute Gasteiger partial charge is 0.323 e. The molecule has 2 N–H and O–H groups in total. The number of carboxylic acid groups (broad SMARTS) is 1. The quantitative estimate of drug-likeness (QED) is 0.747. The van der Waals surface area contributed by atoms with Crippen LogP contribution in [0.3, 0.4) is 0 Å². The first-order chi connectivity index (χ1) is 13.2. The number of nitrogens with one attached hydrogen (secondary N) is 1. The van der Waals surface area contributed by atoms with Crippen molar-refractivity contribution in [3.63, 3.8) is 0 Å². The van der Waals surface area contributed by atoms with Crippen LogP contribution in [0.4, 0.5) is 11.4 Å². The van der Waals surface area contributed by atoms with Gasteiger partial charge in [-0.2, -0.15) is 0 Å². The van der Waals surface area contributed by atoms with E-state index in [0.29, 0.717) is 5.75 Å². The van der Waals surface area contributed by atoms with Crippen LogP contribution < -0.4 is 19.1 Å². The van der Waals surface area contributed by atoms with Crippen molar-refractivity contribution in [2.75, 3.05) is 29.9 Å². The van der Waals surface area contributed by atoms with Crippen molar-refractivity contribution in [1.82, 2.24) is 0 Å². The number of aryl methyl sites for hydroxylation is 1. The van der Waals surface area contributed by atoms with E-state index in [2.05, 4.69) is 4.72 Å². The third-order valence-corrected chi connectivity index (χ3v) is 5.44. The molecule has 9 nitrogen and oxygen atoms in total. The van der Waals surface area contributed by atoms with E-state index in [1.165, 1.54) is 25.3 Å². The molecule has 1 aliphatic rings. The standard InChI is InChI=1S/C18H18N2O7S/c1-11-3-5-15(26-2)13(7-11)19-28(24,25)12-4-6-16-14(8-12)20(9-18(22)23)17(21)10-27-16/h3-8,19H,9-10H2,1-2H3,(H,22,23). The lowest BCUT2D eigenvalue weighted by atomic mass is 10.2. The van der Waals surface area contributed by atoms with Crippen LogP contribution in [-0.4, -0.2) is 45.7 Å². The number of fused-ring (bicyclic) bond motifs is 1. The molecule has 2 aromatic rings.